The second-order valence-electron chi connectivity index (χ2n) is 5.68. The van der Waals surface area contributed by atoms with Crippen molar-refractivity contribution in [2.24, 2.45) is 17.6 Å². The first-order valence-corrected chi connectivity index (χ1v) is 6.90. The van der Waals surface area contributed by atoms with Crippen LogP contribution >= 0.6 is 0 Å². The molecule has 0 saturated heterocycles. The summed E-state index contributed by atoms with van der Waals surface area (Å²) >= 11 is 0. The number of rotatable bonds is 6. The molecule has 3 amide bonds. The highest BCUT2D eigenvalue weighted by Crippen LogP contribution is 2.26. The first-order valence-electron chi connectivity index (χ1n) is 6.90. The van der Waals surface area contributed by atoms with Gasteiger partial charge >= 0.3 is 12.0 Å². The van der Waals surface area contributed by atoms with Crippen LogP contribution in [0.2, 0.25) is 0 Å². The number of carbonyl (C=O) groups excluding carboxylic acids is 2. The number of carboxylic acid groups (broad SMARTS) is 1. The van der Waals surface area contributed by atoms with Gasteiger partial charge in [0.15, 0.2) is 0 Å². The maximum absolute atomic E-state index is 12.2. The molecule has 1 fully saturated rings. The monoisotopic (exact) mass is 285 g/mol. The number of hydrogen-bond donors (Lipinski definition) is 4. The summed E-state index contributed by atoms with van der Waals surface area (Å²) in [6.45, 7) is 3.86. The fraction of sp³-hybridized carbons (Fsp3) is 0.769. The van der Waals surface area contributed by atoms with Crippen LogP contribution in [0.1, 0.15) is 39.5 Å². The summed E-state index contributed by atoms with van der Waals surface area (Å²) in [7, 11) is 0. The molecule has 0 aromatic rings. The molecule has 0 aromatic carbocycles. The Kier molecular flexibility index (Phi) is 5.79. The molecule has 0 aliphatic heterocycles. The van der Waals surface area contributed by atoms with Gasteiger partial charge in [0, 0.05) is 6.04 Å². The highest BCUT2D eigenvalue weighted by molar-refractivity contribution is 5.87. The van der Waals surface area contributed by atoms with Gasteiger partial charge in [0.05, 0.1) is 5.92 Å². The molecule has 3 atom stereocenters. The Hall–Kier alpha value is -1.79. The Morgan fingerprint density at radius 2 is 1.95 bits per heavy atom. The van der Waals surface area contributed by atoms with E-state index >= 15 is 0 Å². The summed E-state index contributed by atoms with van der Waals surface area (Å²) < 4.78 is 0. The lowest BCUT2D eigenvalue weighted by molar-refractivity contribution is -0.142. The number of amides is 3. The van der Waals surface area contributed by atoms with E-state index in [0.717, 1.165) is 6.42 Å². The summed E-state index contributed by atoms with van der Waals surface area (Å²) in [4.78, 5) is 34.2. The van der Waals surface area contributed by atoms with Crippen molar-refractivity contribution >= 4 is 17.9 Å². The molecule has 114 valence electrons. The molecule has 0 radical (unpaired) electrons. The molecule has 1 aliphatic carbocycles. The lowest BCUT2D eigenvalue weighted by Crippen LogP contribution is -2.52. The van der Waals surface area contributed by atoms with Crippen LogP contribution in [0.15, 0.2) is 0 Å². The Morgan fingerprint density at radius 1 is 1.30 bits per heavy atom. The van der Waals surface area contributed by atoms with Crippen molar-refractivity contribution < 1.29 is 19.5 Å². The van der Waals surface area contributed by atoms with Gasteiger partial charge in [-0.1, -0.05) is 20.3 Å². The van der Waals surface area contributed by atoms with Crippen LogP contribution in [0.3, 0.4) is 0 Å². The third-order valence-electron chi connectivity index (χ3n) is 3.50. The number of nitrogens with one attached hydrogen (secondary N) is 2. The zero-order valence-electron chi connectivity index (χ0n) is 11.9. The molecule has 0 spiro atoms. The lowest BCUT2D eigenvalue weighted by Gasteiger charge is -2.23. The topological polar surface area (TPSA) is 122 Å². The maximum atomic E-state index is 12.2. The zero-order valence-corrected chi connectivity index (χ0v) is 11.9. The summed E-state index contributed by atoms with van der Waals surface area (Å²) in [5.41, 5.74) is 5.07. The van der Waals surface area contributed by atoms with E-state index in [2.05, 4.69) is 10.6 Å². The molecule has 0 aromatic heterocycles. The van der Waals surface area contributed by atoms with Crippen molar-refractivity contribution in [1.82, 2.24) is 10.6 Å². The summed E-state index contributed by atoms with van der Waals surface area (Å²) in [6, 6.07) is -1.85. The molecule has 1 aliphatic rings. The fourth-order valence-corrected chi connectivity index (χ4v) is 2.59. The van der Waals surface area contributed by atoms with Gasteiger partial charge in [0.1, 0.15) is 6.04 Å². The van der Waals surface area contributed by atoms with Crippen LogP contribution < -0.4 is 16.4 Å². The third-order valence-corrected chi connectivity index (χ3v) is 3.50. The number of nitrogens with two attached hydrogens (primary N) is 1. The van der Waals surface area contributed by atoms with Crippen LogP contribution in [0, 0.1) is 11.8 Å². The van der Waals surface area contributed by atoms with E-state index < -0.39 is 24.0 Å². The summed E-state index contributed by atoms with van der Waals surface area (Å²) in [6.07, 6.45) is 2.45. The number of hydrogen-bond acceptors (Lipinski definition) is 3. The first kappa shape index (κ1) is 16.3. The quantitative estimate of drug-likeness (QED) is 0.565. The Labute approximate surface area is 118 Å². The van der Waals surface area contributed by atoms with Crippen LogP contribution in [0.5, 0.6) is 0 Å². The van der Waals surface area contributed by atoms with E-state index in [1.807, 2.05) is 13.8 Å². The lowest BCUT2D eigenvalue weighted by atomic mass is 10.0. The minimum Gasteiger partial charge on any atom is -0.481 e. The Morgan fingerprint density at radius 3 is 2.45 bits per heavy atom. The maximum Gasteiger partial charge on any atom is 0.312 e. The van der Waals surface area contributed by atoms with E-state index in [1.165, 1.54) is 0 Å². The minimum atomic E-state index is -0.893. The van der Waals surface area contributed by atoms with E-state index in [1.54, 1.807) is 0 Å². The normalized spacial score (nSPS) is 23.4. The van der Waals surface area contributed by atoms with Gasteiger partial charge in [0.2, 0.25) is 5.91 Å². The van der Waals surface area contributed by atoms with Crippen LogP contribution in [0.4, 0.5) is 4.79 Å². The predicted molar refractivity (Wildman–Crippen MR) is 72.9 cm³/mol. The molecular formula is C13H23N3O4. The van der Waals surface area contributed by atoms with Crippen molar-refractivity contribution in [1.29, 1.82) is 0 Å². The molecule has 7 heteroatoms. The molecule has 0 bridgehead atoms. The fourth-order valence-electron chi connectivity index (χ4n) is 2.59. The number of carbonyl (C=O) groups is 3. The van der Waals surface area contributed by atoms with Gasteiger partial charge in [0.25, 0.3) is 0 Å². The second-order valence-corrected chi connectivity index (χ2v) is 5.68. The number of carboxylic acids is 1. The van der Waals surface area contributed by atoms with Gasteiger partial charge in [-0.3, -0.25) is 9.59 Å². The average molecular weight is 285 g/mol. The van der Waals surface area contributed by atoms with Crippen LogP contribution in [0.25, 0.3) is 0 Å². The van der Waals surface area contributed by atoms with Gasteiger partial charge < -0.3 is 21.5 Å². The Balaban J connectivity index is 2.65. The standard InChI is InChI=1S/C13H23N3O4/c1-7(2)6-10(16-13(14)20)11(17)15-9-5-3-4-8(9)12(18)19/h7-10H,3-6H2,1-2H3,(H,15,17)(H,18,19)(H3,14,16,20). The Bertz CT molecular complexity index is 384. The van der Waals surface area contributed by atoms with Crippen molar-refractivity contribution in [2.45, 2.75) is 51.6 Å². The average Bonchev–Trinajstić information content (AvgIpc) is 2.74. The highest BCUT2D eigenvalue weighted by Gasteiger charge is 2.35. The minimum absolute atomic E-state index is 0.205. The van der Waals surface area contributed by atoms with E-state index in [9.17, 15) is 14.4 Å². The van der Waals surface area contributed by atoms with E-state index in [0.29, 0.717) is 19.3 Å². The van der Waals surface area contributed by atoms with E-state index in [4.69, 9.17) is 10.8 Å². The second kappa shape index (κ2) is 7.12. The van der Waals surface area contributed by atoms with Crippen LogP contribution in [-0.4, -0.2) is 35.1 Å². The predicted octanol–water partition coefficient (Wildman–Crippen LogP) is 0.439. The number of primary amides is 1. The largest absolute Gasteiger partial charge is 0.481 e. The summed E-state index contributed by atoms with van der Waals surface area (Å²) in [5.74, 6) is -1.60. The third kappa shape index (κ3) is 4.71. The molecule has 3 unspecified atom stereocenters. The van der Waals surface area contributed by atoms with E-state index in [-0.39, 0.29) is 17.9 Å². The molecule has 7 nitrogen and oxygen atoms in total. The van der Waals surface area contributed by atoms with Gasteiger partial charge in [-0.2, -0.15) is 0 Å². The molecular weight excluding hydrogens is 262 g/mol. The van der Waals surface area contributed by atoms with Gasteiger partial charge in [-0.25, -0.2) is 4.79 Å². The highest BCUT2D eigenvalue weighted by atomic mass is 16.4. The molecule has 20 heavy (non-hydrogen) atoms. The number of urea groups is 1. The van der Waals surface area contributed by atoms with Crippen molar-refractivity contribution in [3.8, 4) is 0 Å². The molecule has 5 N–H and O–H groups in total. The van der Waals surface area contributed by atoms with Gasteiger partial charge in [-0.05, 0) is 25.2 Å². The van der Waals surface area contributed by atoms with Crippen molar-refractivity contribution in [3.05, 3.63) is 0 Å². The van der Waals surface area contributed by atoms with Crippen LogP contribution in [-0.2, 0) is 9.59 Å². The smallest absolute Gasteiger partial charge is 0.312 e. The first-order chi connectivity index (χ1) is 9.31. The van der Waals surface area contributed by atoms with Crippen molar-refractivity contribution in [2.75, 3.05) is 0 Å². The van der Waals surface area contributed by atoms with Crippen molar-refractivity contribution in [3.63, 3.8) is 0 Å². The zero-order chi connectivity index (χ0) is 15.3. The molecule has 1 rings (SSSR count). The SMILES string of the molecule is CC(C)CC(NC(N)=O)C(=O)NC1CCCC1C(=O)O. The summed E-state index contributed by atoms with van der Waals surface area (Å²) in [5, 5.41) is 14.2. The molecule has 0 heterocycles. The number of aliphatic carboxylic acids is 1. The van der Waals surface area contributed by atoms with Gasteiger partial charge in [-0.15, -0.1) is 0 Å². The molecule has 1 saturated carbocycles.